The summed E-state index contributed by atoms with van der Waals surface area (Å²) in [7, 11) is 0. The number of aromatic amines is 1. The lowest BCUT2D eigenvalue weighted by Gasteiger charge is -2.07. The van der Waals surface area contributed by atoms with Crippen LogP contribution >= 0.6 is 0 Å². The van der Waals surface area contributed by atoms with Crippen LogP contribution in [0.2, 0.25) is 0 Å². The molecule has 3 nitrogen and oxygen atoms in total. The molecule has 0 unspecified atom stereocenters. The van der Waals surface area contributed by atoms with Crippen molar-refractivity contribution < 1.29 is 4.39 Å². The molecule has 0 spiro atoms. The second-order valence-corrected chi connectivity index (χ2v) is 5.07. The van der Waals surface area contributed by atoms with E-state index in [2.05, 4.69) is 9.97 Å². The normalized spacial score (nSPS) is 11.1. The number of nitrogens with one attached hydrogen (secondary N) is 1. The molecule has 0 fully saturated rings. The first-order valence-corrected chi connectivity index (χ1v) is 6.91. The van der Waals surface area contributed by atoms with Crippen LogP contribution in [0.3, 0.4) is 0 Å². The van der Waals surface area contributed by atoms with Crippen LogP contribution in [0.4, 0.5) is 4.39 Å². The van der Waals surface area contributed by atoms with E-state index in [1.165, 1.54) is 6.07 Å². The van der Waals surface area contributed by atoms with Gasteiger partial charge in [0.1, 0.15) is 11.6 Å². The quantitative estimate of drug-likeness (QED) is 0.578. The Morgan fingerprint density at radius 1 is 0.818 bits per heavy atom. The molecule has 1 heterocycles. The van der Waals surface area contributed by atoms with Crippen molar-refractivity contribution >= 4 is 21.7 Å². The van der Waals surface area contributed by atoms with E-state index in [1.54, 1.807) is 36.4 Å². The van der Waals surface area contributed by atoms with Gasteiger partial charge in [0.15, 0.2) is 0 Å². The number of nitrogens with zero attached hydrogens (tertiary/aromatic N) is 1. The number of halogens is 1. The van der Waals surface area contributed by atoms with E-state index in [4.69, 9.17) is 0 Å². The van der Waals surface area contributed by atoms with E-state index >= 15 is 0 Å². The zero-order valence-electron chi connectivity index (χ0n) is 11.5. The van der Waals surface area contributed by atoms with Crippen LogP contribution in [0, 0.1) is 5.82 Å². The highest BCUT2D eigenvalue weighted by molar-refractivity contribution is 5.96. The summed E-state index contributed by atoms with van der Waals surface area (Å²) in [5.74, 6) is 0.155. The lowest BCUT2D eigenvalue weighted by molar-refractivity contribution is 0.640. The standard InChI is InChI=1S/C18H11FN2O/c19-15-9-4-6-11-12(15)7-3-8-13(11)17-20-16-10-2-1-5-14(16)18(22)21-17/h1-10H,(H,20,21,22). The Morgan fingerprint density at radius 2 is 1.55 bits per heavy atom. The van der Waals surface area contributed by atoms with Crippen molar-refractivity contribution in [2.75, 3.05) is 0 Å². The third-order valence-corrected chi connectivity index (χ3v) is 3.74. The number of fused-ring (bicyclic) bond motifs is 2. The van der Waals surface area contributed by atoms with Crippen LogP contribution in [-0.4, -0.2) is 9.97 Å². The third kappa shape index (κ3) is 1.89. The minimum absolute atomic E-state index is 0.200. The zero-order chi connectivity index (χ0) is 15.1. The first-order chi connectivity index (χ1) is 10.7. The summed E-state index contributed by atoms with van der Waals surface area (Å²) in [4.78, 5) is 19.5. The molecule has 4 aromatic rings. The van der Waals surface area contributed by atoms with Crippen LogP contribution in [0.25, 0.3) is 33.1 Å². The fourth-order valence-corrected chi connectivity index (χ4v) is 2.69. The highest BCUT2D eigenvalue weighted by Gasteiger charge is 2.10. The van der Waals surface area contributed by atoms with E-state index in [-0.39, 0.29) is 11.4 Å². The van der Waals surface area contributed by atoms with Gasteiger partial charge in [0.25, 0.3) is 5.56 Å². The van der Waals surface area contributed by atoms with Gasteiger partial charge in [-0.15, -0.1) is 0 Å². The third-order valence-electron chi connectivity index (χ3n) is 3.74. The molecule has 1 N–H and O–H groups in total. The molecular weight excluding hydrogens is 279 g/mol. The molecule has 0 saturated carbocycles. The topological polar surface area (TPSA) is 45.8 Å². The smallest absolute Gasteiger partial charge is 0.259 e. The van der Waals surface area contributed by atoms with Crippen molar-refractivity contribution in [1.82, 2.24) is 9.97 Å². The van der Waals surface area contributed by atoms with E-state index in [0.717, 1.165) is 5.39 Å². The first-order valence-electron chi connectivity index (χ1n) is 6.91. The zero-order valence-corrected chi connectivity index (χ0v) is 11.5. The Kier molecular flexibility index (Phi) is 2.76. The van der Waals surface area contributed by atoms with Gasteiger partial charge in [-0.2, -0.15) is 0 Å². The second-order valence-electron chi connectivity index (χ2n) is 5.07. The predicted molar refractivity (Wildman–Crippen MR) is 85.3 cm³/mol. The van der Waals surface area contributed by atoms with Crippen molar-refractivity contribution in [3.05, 3.63) is 76.8 Å². The van der Waals surface area contributed by atoms with Crippen molar-refractivity contribution in [3.63, 3.8) is 0 Å². The van der Waals surface area contributed by atoms with Crippen LogP contribution in [0.5, 0.6) is 0 Å². The Balaban J connectivity index is 2.08. The highest BCUT2D eigenvalue weighted by atomic mass is 19.1. The largest absolute Gasteiger partial charge is 0.306 e. The maximum absolute atomic E-state index is 13.9. The molecule has 0 bridgehead atoms. The molecule has 0 aliphatic heterocycles. The molecule has 0 aliphatic carbocycles. The maximum Gasteiger partial charge on any atom is 0.259 e. The molecule has 0 aliphatic rings. The van der Waals surface area contributed by atoms with E-state index in [9.17, 15) is 9.18 Å². The monoisotopic (exact) mass is 290 g/mol. The molecule has 106 valence electrons. The molecule has 0 atom stereocenters. The van der Waals surface area contributed by atoms with Gasteiger partial charge in [-0.05, 0) is 23.6 Å². The van der Waals surface area contributed by atoms with Crippen molar-refractivity contribution in [1.29, 1.82) is 0 Å². The van der Waals surface area contributed by atoms with Gasteiger partial charge in [0.05, 0.1) is 10.9 Å². The van der Waals surface area contributed by atoms with Gasteiger partial charge >= 0.3 is 0 Å². The number of hydrogen-bond donors (Lipinski definition) is 1. The Labute approximate surface area is 125 Å². The van der Waals surface area contributed by atoms with Gasteiger partial charge in [0.2, 0.25) is 0 Å². The van der Waals surface area contributed by atoms with Gasteiger partial charge in [-0.1, -0.05) is 42.5 Å². The SMILES string of the molecule is O=c1[nH]c(-c2cccc3c(F)cccc23)nc2ccccc12. The minimum atomic E-state index is -0.289. The number of benzene rings is 3. The number of para-hydroxylation sites is 1. The molecule has 3 aromatic carbocycles. The highest BCUT2D eigenvalue weighted by Crippen LogP contribution is 2.27. The van der Waals surface area contributed by atoms with E-state index in [1.807, 2.05) is 18.2 Å². The summed E-state index contributed by atoms with van der Waals surface area (Å²) in [6, 6.07) is 17.4. The van der Waals surface area contributed by atoms with E-state index < -0.39 is 0 Å². The Bertz CT molecular complexity index is 1070. The lowest BCUT2D eigenvalue weighted by atomic mass is 10.0. The fraction of sp³-hybridized carbons (Fsp3) is 0. The number of rotatable bonds is 1. The fourth-order valence-electron chi connectivity index (χ4n) is 2.69. The van der Waals surface area contributed by atoms with Gasteiger partial charge in [0, 0.05) is 10.9 Å². The molecular formula is C18H11FN2O. The summed E-state index contributed by atoms with van der Waals surface area (Å²) >= 11 is 0. The van der Waals surface area contributed by atoms with Crippen LogP contribution < -0.4 is 5.56 Å². The Hall–Kier alpha value is -3.01. The molecule has 0 amide bonds. The van der Waals surface area contributed by atoms with Gasteiger partial charge in [-0.3, -0.25) is 4.79 Å². The average molecular weight is 290 g/mol. The summed E-state index contributed by atoms with van der Waals surface area (Å²) < 4.78 is 13.9. The van der Waals surface area contributed by atoms with Crippen LogP contribution in [0.15, 0.2) is 65.5 Å². The van der Waals surface area contributed by atoms with Crippen molar-refractivity contribution in [3.8, 4) is 11.4 Å². The summed E-state index contributed by atoms with van der Waals surface area (Å²) in [5, 5.41) is 1.77. The summed E-state index contributed by atoms with van der Waals surface area (Å²) in [6.07, 6.45) is 0. The second kappa shape index (κ2) is 4.77. The molecule has 0 radical (unpaired) electrons. The molecule has 4 rings (SSSR count). The minimum Gasteiger partial charge on any atom is -0.306 e. The number of aromatic nitrogens is 2. The molecule has 0 saturated heterocycles. The molecule has 22 heavy (non-hydrogen) atoms. The number of H-pyrrole nitrogens is 1. The van der Waals surface area contributed by atoms with Crippen LogP contribution in [-0.2, 0) is 0 Å². The molecule has 1 aromatic heterocycles. The van der Waals surface area contributed by atoms with E-state index in [0.29, 0.717) is 27.7 Å². The summed E-state index contributed by atoms with van der Waals surface area (Å²) in [6.45, 7) is 0. The predicted octanol–water partition coefficient (Wildman–Crippen LogP) is 3.88. The van der Waals surface area contributed by atoms with Crippen molar-refractivity contribution in [2.24, 2.45) is 0 Å². The lowest BCUT2D eigenvalue weighted by Crippen LogP contribution is -2.09. The Morgan fingerprint density at radius 3 is 2.45 bits per heavy atom. The van der Waals surface area contributed by atoms with Gasteiger partial charge < -0.3 is 4.98 Å². The maximum atomic E-state index is 13.9. The first kappa shape index (κ1) is 12.7. The van der Waals surface area contributed by atoms with Gasteiger partial charge in [-0.25, -0.2) is 9.37 Å². The van der Waals surface area contributed by atoms with Crippen LogP contribution in [0.1, 0.15) is 0 Å². The summed E-state index contributed by atoms with van der Waals surface area (Å²) in [5.41, 5.74) is 1.13. The molecule has 4 heteroatoms. The number of hydrogen-bond acceptors (Lipinski definition) is 2. The average Bonchev–Trinajstić information content (AvgIpc) is 2.55. The van der Waals surface area contributed by atoms with Crippen molar-refractivity contribution in [2.45, 2.75) is 0 Å².